The molecule has 1 saturated heterocycles. The van der Waals surface area contributed by atoms with E-state index in [0.717, 1.165) is 31.0 Å². The number of hydrogen-bond acceptors (Lipinski definition) is 2. The highest BCUT2D eigenvalue weighted by molar-refractivity contribution is 6.02. The summed E-state index contributed by atoms with van der Waals surface area (Å²) in [5.41, 5.74) is 3.65. The van der Waals surface area contributed by atoms with Gasteiger partial charge in [-0.3, -0.25) is 4.79 Å². The molecule has 2 aromatic rings. The van der Waals surface area contributed by atoms with Crippen molar-refractivity contribution in [3.8, 4) is 0 Å². The molecule has 1 amide bonds. The number of nitrogens with one attached hydrogen (secondary N) is 1. The predicted molar refractivity (Wildman–Crippen MR) is 106 cm³/mol. The van der Waals surface area contributed by atoms with Crippen LogP contribution in [0.15, 0.2) is 54.6 Å². The van der Waals surface area contributed by atoms with E-state index in [-0.39, 0.29) is 11.8 Å². The molecule has 0 spiro atoms. The van der Waals surface area contributed by atoms with Crippen molar-refractivity contribution in [1.29, 1.82) is 0 Å². The van der Waals surface area contributed by atoms with E-state index in [1.54, 1.807) is 0 Å². The summed E-state index contributed by atoms with van der Waals surface area (Å²) >= 11 is 0. The summed E-state index contributed by atoms with van der Waals surface area (Å²) in [6.07, 6.45) is 5.85. The Bertz CT molecular complexity index is 735. The first-order chi connectivity index (χ1) is 12.8. The van der Waals surface area contributed by atoms with Crippen LogP contribution in [0.3, 0.4) is 0 Å². The second-order valence-electron chi connectivity index (χ2n) is 7.75. The average Bonchev–Trinajstić information content (AvgIpc) is 2.99. The fraction of sp³-hybridized carbons (Fsp3) is 0.435. The molecule has 0 radical (unpaired) electrons. The molecule has 0 bridgehead atoms. The van der Waals surface area contributed by atoms with Crippen LogP contribution in [0.2, 0.25) is 0 Å². The minimum absolute atomic E-state index is 0.0434. The number of piperidine rings is 1. The summed E-state index contributed by atoms with van der Waals surface area (Å²) in [6.45, 7) is 3.51. The Kier molecular flexibility index (Phi) is 5.35. The summed E-state index contributed by atoms with van der Waals surface area (Å²) in [6, 6.07) is 19.0. The normalized spacial score (nSPS) is 20.8. The highest BCUT2D eigenvalue weighted by Crippen LogP contribution is 2.35. The number of benzene rings is 2. The van der Waals surface area contributed by atoms with Gasteiger partial charge in [0.1, 0.15) is 0 Å². The third-order valence-electron chi connectivity index (χ3n) is 5.95. The molecule has 1 atom stereocenters. The van der Waals surface area contributed by atoms with Crippen molar-refractivity contribution in [3.05, 3.63) is 65.7 Å². The van der Waals surface area contributed by atoms with Gasteiger partial charge in [0, 0.05) is 5.69 Å². The van der Waals surface area contributed by atoms with Gasteiger partial charge < -0.3 is 10.2 Å². The molecule has 4 rings (SSSR count). The van der Waals surface area contributed by atoms with Crippen LogP contribution in [0.25, 0.3) is 0 Å². The quantitative estimate of drug-likeness (QED) is 0.836. The van der Waals surface area contributed by atoms with Crippen LogP contribution in [-0.4, -0.2) is 30.4 Å². The Morgan fingerprint density at radius 1 is 0.962 bits per heavy atom. The zero-order valence-electron chi connectivity index (χ0n) is 15.4. The van der Waals surface area contributed by atoms with Crippen LogP contribution >= 0.6 is 0 Å². The van der Waals surface area contributed by atoms with E-state index in [2.05, 4.69) is 46.6 Å². The van der Waals surface area contributed by atoms with Crippen molar-refractivity contribution in [1.82, 2.24) is 4.90 Å². The minimum Gasteiger partial charge on any atom is -0.325 e. The first-order valence-electron chi connectivity index (χ1n) is 9.95. The predicted octanol–water partition coefficient (Wildman–Crippen LogP) is 4.46. The second kappa shape index (κ2) is 8.05. The summed E-state index contributed by atoms with van der Waals surface area (Å²) in [5, 5.41) is 3.01. The van der Waals surface area contributed by atoms with Crippen molar-refractivity contribution < 1.29 is 4.79 Å². The summed E-state index contributed by atoms with van der Waals surface area (Å²) < 4.78 is 0. The molecule has 1 N–H and O–H groups in total. The van der Waals surface area contributed by atoms with Gasteiger partial charge in [0.05, 0.1) is 5.92 Å². The first kappa shape index (κ1) is 17.3. The van der Waals surface area contributed by atoms with Crippen LogP contribution in [0, 0.1) is 5.92 Å². The van der Waals surface area contributed by atoms with E-state index < -0.39 is 0 Å². The molecule has 3 heteroatoms. The van der Waals surface area contributed by atoms with Gasteiger partial charge in [0.25, 0.3) is 0 Å². The topological polar surface area (TPSA) is 32.3 Å². The van der Waals surface area contributed by atoms with Crippen LogP contribution in [0.4, 0.5) is 5.69 Å². The fourth-order valence-corrected chi connectivity index (χ4v) is 4.44. The SMILES string of the molecule is O=C1Nc2ccccc2C1CCCN1CCC(Cc2ccccc2)CC1. The Labute approximate surface area is 156 Å². The maximum absolute atomic E-state index is 12.2. The number of anilines is 1. The minimum atomic E-state index is 0.0434. The van der Waals surface area contributed by atoms with Gasteiger partial charge in [-0.1, -0.05) is 48.5 Å². The van der Waals surface area contributed by atoms with Crippen molar-refractivity contribution in [2.45, 2.75) is 38.0 Å². The molecule has 0 saturated carbocycles. The lowest BCUT2D eigenvalue weighted by atomic mass is 9.90. The molecule has 136 valence electrons. The molecule has 2 aliphatic rings. The molecular formula is C23H28N2O. The summed E-state index contributed by atoms with van der Waals surface area (Å²) in [5.74, 6) is 1.04. The number of hydrogen-bond donors (Lipinski definition) is 1. The van der Waals surface area contributed by atoms with E-state index in [4.69, 9.17) is 0 Å². The Hall–Kier alpha value is -2.13. The molecule has 26 heavy (non-hydrogen) atoms. The molecule has 0 aliphatic carbocycles. The maximum atomic E-state index is 12.2. The largest absolute Gasteiger partial charge is 0.325 e. The molecule has 2 aromatic carbocycles. The highest BCUT2D eigenvalue weighted by Gasteiger charge is 2.29. The lowest BCUT2D eigenvalue weighted by Crippen LogP contribution is -2.35. The zero-order chi connectivity index (χ0) is 17.8. The standard InChI is InChI=1S/C23H28N2O/c26-23-21(20-9-4-5-11-22(20)24-23)10-6-14-25-15-12-19(13-16-25)17-18-7-2-1-3-8-18/h1-5,7-9,11,19,21H,6,10,12-17H2,(H,24,26). The molecule has 2 heterocycles. The maximum Gasteiger partial charge on any atom is 0.232 e. The number of nitrogens with zero attached hydrogens (tertiary/aromatic N) is 1. The summed E-state index contributed by atoms with van der Waals surface area (Å²) in [4.78, 5) is 14.8. The number of para-hydroxylation sites is 1. The summed E-state index contributed by atoms with van der Waals surface area (Å²) in [7, 11) is 0. The van der Waals surface area contributed by atoms with E-state index in [1.807, 2.05) is 18.2 Å². The average molecular weight is 348 g/mol. The number of carbonyl (C=O) groups is 1. The smallest absolute Gasteiger partial charge is 0.232 e. The first-order valence-corrected chi connectivity index (χ1v) is 9.95. The van der Waals surface area contributed by atoms with E-state index >= 15 is 0 Å². The second-order valence-corrected chi connectivity index (χ2v) is 7.75. The van der Waals surface area contributed by atoms with Crippen molar-refractivity contribution >= 4 is 11.6 Å². The Balaban J connectivity index is 1.20. The monoisotopic (exact) mass is 348 g/mol. The molecule has 1 fully saturated rings. The van der Waals surface area contributed by atoms with Gasteiger partial charge >= 0.3 is 0 Å². The van der Waals surface area contributed by atoms with Crippen LogP contribution in [0.5, 0.6) is 0 Å². The third-order valence-corrected chi connectivity index (χ3v) is 5.95. The number of likely N-dealkylation sites (tertiary alicyclic amines) is 1. The number of carbonyl (C=O) groups excluding carboxylic acids is 1. The molecular weight excluding hydrogens is 320 g/mol. The van der Waals surface area contributed by atoms with E-state index in [9.17, 15) is 4.79 Å². The van der Waals surface area contributed by atoms with Gasteiger partial charge in [0.2, 0.25) is 5.91 Å². The lowest BCUT2D eigenvalue weighted by Gasteiger charge is -2.32. The molecule has 3 nitrogen and oxygen atoms in total. The van der Waals surface area contributed by atoms with Crippen molar-refractivity contribution in [2.75, 3.05) is 25.0 Å². The van der Waals surface area contributed by atoms with Gasteiger partial charge in [-0.2, -0.15) is 0 Å². The van der Waals surface area contributed by atoms with Gasteiger partial charge in [-0.25, -0.2) is 0 Å². The van der Waals surface area contributed by atoms with Gasteiger partial charge in [-0.15, -0.1) is 0 Å². The van der Waals surface area contributed by atoms with Crippen LogP contribution in [-0.2, 0) is 11.2 Å². The molecule has 2 aliphatic heterocycles. The van der Waals surface area contributed by atoms with Crippen LogP contribution in [0.1, 0.15) is 42.7 Å². The van der Waals surface area contributed by atoms with Gasteiger partial charge in [0.15, 0.2) is 0 Å². The van der Waals surface area contributed by atoms with Crippen LogP contribution < -0.4 is 5.32 Å². The van der Waals surface area contributed by atoms with Crippen molar-refractivity contribution in [2.24, 2.45) is 5.92 Å². The number of amides is 1. The van der Waals surface area contributed by atoms with E-state index in [1.165, 1.54) is 43.5 Å². The number of fused-ring (bicyclic) bond motifs is 1. The van der Waals surface area contributed by atoms with E-state index in [0.29, 0.717) is 0 Å². The highest BCUT2D eigenvalue weighted by atomic mass is 16.2. The fourth-order valence-electron chi connectivity index (χ4n) is 4.44. The third kappa shape index (κ3) is 3.99. The number of rotatable bonds is 6. The zero-order valence-corrected chi connectivity index (χ0v) is 15.4. The molecule has 0 aromatic heterocycles. The molecule has 1 unspecified atom stereocenters. The lowest BCUT2D eigenvalue weighted by molar-refractivity contribution is -0.117. The van der Waals surface area contributed by atoms with Crippen molar-refractivity contribution in [3.63, 3.8) is 0 Å². The Morgan fingerprint density at radius 3 is 2.50 bits per heavy atom. The van der Waals surface area contributed by atoms with Gasteiger partial charge in [-0.05, 0) is 74.8 Å². The Morgan fingerprint density at radius 2 is 1.69 bits per heavy atom.